The Morgan fingerprint density at radius 2 is 1.82 bits per heavy atom. The Balaban J connectivity index is 0.00000225. The minimum absolute atomic E-state index is 0. The molecule has 0 amide bonds. The van der Waals surface area contributed by atoms with Crippen LogP contribution in [-0.2, 0) is 6.42 Å². The maximum atomic E-state index is 6.51. The number of hydrogen-bond acceptors (Lipinski definition) is 3. The Morgan fingerprint density at radius 3 is 2.54 bits per heavy atom. The van der Waals surface area contributed by atoms with Crippen LogP contribution in [0.25, 0.3) is 0 Å². The molecule has 2 N–H and O–H groups in total. The third-order valence-corrected chi connectivity index (χ3v) is 6.13. The van der Waals surface area contributed by atoms with Crippen LogP contribution in [0.3, 0.4) is 0 Å². The molecule has 0 aromatic heterocycles. The first-order chi connectivity index (χ1) is 13.1. The monoisotopic (exact) mass is 401 g/mol. The maximum absolute atomic E-state index is 6.51. The molecule has 0 saturated heterocycles. The number of nitrogens with two attached hydrogens (primary N) is 1. The van der Waals surface area contributed by atoms with Crippen molar-refractivity contribution in [3.05, 3.63) is 59.7 Å². The average Bonchev–Trinajstić information content (AvgIpc) is 2.70. The molecule has 28 heavy (non-hydrogen) atoms. The van der Waals surface area contributed by atoms with Crippen molar-refractivity contribution in [1.82, 2.24) is 0 Å². The molecule has 3 nitrogen and oxygen atoms in total. The highest BCUT2D eigenvalue weighted by Gasteiger charge is 2.32. The van der Waals surface area contributed by atoms with E-state index in [0.29, 0.717) is 0 Å². The second-order valence-electron chi connectivity index (χ2n) is 8.25. The van der Waals surface area contributed by atoms with Gasteiger partial charge in [0.1, 0.15) is 17.6 Å². The first-order valence-corrected chi connectivity index (χ1v) is 10.5. The van der Waals surface area contributed by atoms with Crippen LogP contribution in [0.5, 0.6) is 11.5 Å². The van der Waals surface area contributed by atoms with Crippen LogP contribution in [0.4, 0.5) is 0 Å². The number of benzene rings is 2. The number of rotatable bonds is 5. The molecule has 1 atom stereocenters. The standard InChI is InChI=1S/C24H31NO2.ClH/c1-2-14-24(25)15-12-20(13-16-24)26-21-9-11-23-19(17-21)8-10-22(27-23)18-6-4-3-5-7-18;/h3-7,9,11,17,20,22H,2,8,10,12-16,25H2,1H3;1H. The van der Waals surface area contributed by atoms with Crippen molar-refractivity contribution in [2.75, 3.05) is 0 Å². The average molecular weight is 402 g/mol. The third-order valence-electron chi connectivity index (χ3n) is 6.13. The molecule has 0 bridgehead atoms. The van der Waals surface area contributed by atoms with Gasteiger partial charge in [-0.3, -0.25) is 0 Å². The quantitative estimate of drug-likeness (QED) is 0.668. The van der Waals surface area contributed by atoms with Crippen molar-refractivity contribution in [3.63, 3.8) is 0 Å². The fraction of sp³-hybridized carbons (Fsp3) is 0.500. The molecular formula is C24H32ClNO2. The van der Waals surface area contributed by atoms with Gasteiger partial charge in [-0.15, -0.1) is 12.4 Å². The molecule has 2 aliphatic rings. The van der Waals surface area contributed by atoms with Crippen LogP contribution in [0.2, 0.25) is 0 Å². The molecule has 2 aromatic carbocycles. The predicted molar refractivity (Wildman–Crippen MR) is 117 cm³/mol. The summed E-state index contributed by atoms with van der Waals surface area (Å²) in [5.41, 5.74) is 9.05. The Labute approximate surface area is 175 Å². The molecule has 1 aliphatic carbocycles. The van der Waals surface area contributed by atoms with Crippen LogP contribution >= 0.6 is 12.4 Å². The highest BCUT2D eigenvalue weighted by molar-refractivity contribution is 5.85. The first kappa shape index (κ1) is 21.0. The van der Waals surface area contributed by atoms with E-state index in [1.54, 1.807) is 0 Å². The molecule has 1 heterocycles. The second-order valence-corrected chi connectivity index (χ2v) is 8.25. The number of halogens is 1. The summed E-state index contributed by atoms with van der Waals surface area (Å²) in [6.45, 7) is 2.22. The molecule has 2 aromatic rings. The highest BCUT2D eigenvalue weighted by Crippen LogP contribution is 2.38. The van der Waals surface area contributed by atoms with E-state index in [1.165, 1.54) is 11.1 Å². The van der Waals surface area contributed by atoms with Gasteiger partial charge in [0, 0.05) is 5.54 Å². The smallest absolute Gasteiger partial charge is 0.124 e. The van der Waals surface area contributed by atoms with Crippen LogP contribution in [0.15, 0.2) is 48.5 Å². The van der Waals surface area contributed by atoms with E-state index in [1.807, 2.05) is 6.07 Å². The number of ether oxygens (including phenoxy) is 2. The normalized spacial score (nSPS) is 26.5. The number of fused-ring (bicyclic) bond motifs is 1. The van der Waals surface area contributed by atoms with Gasteiger partial charge in [-0.05, 0) is 74.3 Å². The maximum Gasteiger partial charge on any atom is 0.124 e. The van der Waals surface area contributed by atoms with Gasteiger partial charge in [0.2, 0.25) is 0 Å². The van der Waals surface area contributed by atoms with Gasteiger partial charge in [0.15, 0.2) is 0 Å². The van der Waals surface area contributed by atoms with Crippen LogP contribution < -0.4 is 15.2 Å². The lowest BCUT2D eigenvalue weighted by molar-refractivity contribution is 0.114. The minimum Gasteiger partial charge on any atom is -0.490 e. The van der Waals surface area contributed by atoms with Crippen molar-refractivity contribution in [2.24, 2.45) is 5.73 Å². The number of aryl methyl sites for hydroxylation is 1. The van der Waals surface area contributed by atoms with Crippen molar-refractivity contribution in [2.45, 2.75) is 76.0 Å². The minimum atomic E-state index is 0. The van der Waals surface area contributed by atoms with Crippen molar-refractivity contribution >= 4 is 12.4 Å². The summed E-state index contributed by atoms with van der Waals surface area (Å²) in [5, 5.41) is 0. The predicted octanol–water partition coefficient (Wildman–Crippen LogP) is 5.99. The molecule has 1 saturated carbocycles. The van der Waals surface area contributed by atoms with Gasteiger partial charge in [0.05, 0.1) is 6.10 Å². The summed E-state index contributed by atoms with van der Waals surface area (Å²) in [6, 6.07) is 16.8. The van der Waals surface area contributed by atoms with E-state index in [0.717, 1.165) is 62.9 Å². The van der Waals surface area contributed by atoms with Crippen LogP contribution in [-0.4, -0.2) is 11.6 Å². The molecule has 1 aliphatic heterocycles. The molecular weight excluding hydrogens is 370 g/mol. The lowest BCUT2D eigenvalue weighted by Crippen LogP contribution is -2.45. The zero-order valence-electron chi connectivity index (χ0n) is 16.7. The Bertz CT molecular complexity index is 756. The van der Waals surface area contributed by atoms with Crippen molar-refractivity contribution < 1.29 is 9.47 Å². The van der Waals surface area contributed by atoms with E-state index >= 15 is 0 Å². The van der Waals surface area contributed by atoms with E-state index in [9.17, 15) is 0 Å². The van der Waals surface area contributed by atoms with E-state index in [4.69, 9.17) is 15.2 Å². The van der Waals surface area contributed by atoms with Gasteiger partial charge in [-0.1, -0.05) is 43.7 Å². The molecule has 4 rings (SSSR count). The third kappa shape index (κ3) is 4.82. The summed E-state index contributed by atoms with van der Waals surface area (Å²) < 4.78 is 12.5. The Hall–Kier alpha value is -1.71. The summed E-state index contributed by atoms with van der Waals surface area (Å²) in [5.74, 6) is 1.97. The fourth-order valence-electron chi connectivity index (χ4n) is 4.57. The zero-order chi connectivity index (χ0) is 18.7. The van der Waals surface area contributed by atoms with Gasteiger partial charge in [-0.25, -0.2) is 0 Å². The summed E-state index contributed by atoms with van der Waals surface area (Å²) in [4.78, 5) is 0. The van der Waals surface area contributed by atoms with E-state index < -0.39 is 0 Å². The molecule has 4 heteroatoms. The molecule has 1 fully saturated rings. The van der Waals surface area contributed by atoms with Crippen LogP contribution in [0.1, 0.15) is 69.1 Å². The second kappa shape index (κ2) is 9.19. The largest absolute Gasteiger partial charge is 0.490 e. The molecule has 152 valence electrons. The van der Waals surface area contributed by atoms with Gasteiger partial charge < -0.3 is 15.2 Å². The molecule has 0 radical (unpaired) electrons. The van der Waals surface area contributed by atoms with Crippen LogP contribution in [0, 0.1) is 0 Å². The lowest BCUT2D eigenvalue weighted by Gasteiger charge is -2.37. The fourth-order valence-corrected chi connectivity index (χ4v) is 4.57. The molecule has 0 spiro atoms. The Kier molecular flexibility index (Phi) is 6.90. The summed E-state index contributed by atoms with van der Waals surface area (Å²) in [6.07, 6.45) is 9.01. The summed E-state index contributed by atoms with van der Waals surface area (Å²) >= 11 is 0. The zero-order valence-corrected chi connectivity index (χ0v) is 17.5. The van der Waals surface area contributed by atoms with Gasteiger partial charge in [-0.2, -0.15) is 0 Å². The SMILES string of the molecule is CCCC1(N)CCC(Oc2ccc3c(c2)CCC(c2ccccc2)O3)CC1.Cl. The number of hydrogen-bond donors (Lipinski definition) is 1. The Morgan fingerprint density at radius 1 is 1.07 bits per heavy atom. The summed E-state index contributed by atoms with van der Waals surface area (Å²) in [7, 11) is 0. The first-order valence-electron chi connectivity index (χ1n) is 10.5. The topological polar surface area (TPSA) is 44.5 Å². The highest BCUT2D eigenvalue weighted by atomic mass is 35.5. The lowest BCUT2D eigenvalue weighted by atomic mass is 9.78. The van der Waals surface area contributed by atoms with Crippen molar-refractivity contribution in [3.8, 4) is 11.5 Å². The molecule has 1 unspecified atom stereocenters. The van der Waals surface area contributed by atoms with E-state index in [2.05, 4.69) is 49.4 Å². The van der Waals surface area contributed by atoms with E-state index in [-0.39, 0.29) is 30.2 Å². The van der Waals surface area contributed by atoms with Crippen molar-refractivity contribution in [1.29, 1.82) is 0 Å². The van der Waals surface area contributed by atoms with Gasteiger partial charge >= 0.3 is 0 Å². The van der Waals surface area contributed by atoms with Gasteiger partial charge in [0.25, 0.3) is 0 Å².